The minimum Gasteiger partial charge on any atom is -0.345 e. The van der Waals surface area contributed by atoms with E-state index in [0.29, 0.717) is 24.4 Å². The molecule has 4 aliphatic carbocycles. The second-order valence-corrected chi connectivity index (χ2v) is 11.1. The van der Waals surface area contributed by atoms with Gasteiger partial charge in [-0.25, -0.2) is 0 Å². The monoisotopic (exact) mass is 400 g/mol. The Balaban J connectivity index is 1.17. The zero-order chi connectivity index (χ0) is 19.3. The van der Waals surface area contributed by atoms with E-state index in [-0.39, 0.29) is 11.8 Å². The van der Waals surface area contributed by atoms with E-state index in [2.05, 4.69) is 4.90 Å². The molecule has 1 saturated heterocycles. The highest BCUT2D eigenvalue weighted by Crippen LogP contribution is 2.60. The van der Waals surface area contributed by atoms with Crippen LogP contribution in [0.25, 0.3) is 0 Å². The van der Waals surface area contributed by atoms with Crippen molar-refractivity contribution in [2.75, 3.05) is 26.7 Å². The maximum absolute atomic E-state index is 13.2. The molecule has 4 saturated carbocycles. The number of carbonyl (C=O) groups is 2. The molecule has 2 heterocycles. The lowest BCUT2D eigenvalue weighted by atomic mass is 9.49. The average molecular weight is 401 g/mol. The van der Waals surface area contributed by atoms with Crippen molar-refractivity contribution in [2.45, 2.75) is 51.4 Å². The van der Waals surface area contributed by atoms with Gasteiger partial charge in [-0.15, -0.1) is 11.3 Å². The minimum atomic E-state index is 0.0892. The fourth-order valence-corrected chi connectivity index (χ4v) is 7.95. The SMILES string of the molecule is CN(CC12CC3CC(CC(C3)C1)C2)C(=O)C1CCN(C(=O)c2cccs2)CC1. The van der Waals surface area contributed by atoms with Crippen LogP contribution in [0.15, 0.2) is 17.5 Å². The van der Waals surface area contributed by atoms with Crippen molar-refractivity contribution in [1.82, 2.24) is 9.80 Å². The third-order valence-corrected chi connectivity index (χ3v) is 8.84. The summed E-state index contributed by atoms with van der Waals surface area (Å²) in [4.78, 5) is 30.5. The van der Waals surface area contributed by atoms with Crippen molar-refractivity contribution in [1.29, 1.82) is 0 Å². The molecule has 0 unspecified atom stereocenters. The van der Waals surface area contributed by atoms with E-state index in [1.165, 1.54) is 49.9 Å². The number of hydrogen-bond donors (Lipinski definition) is 0. The van der Waals surface area contributed by atoms with E-state index >= 15 is 0 Å². The average Bonchev–Trinajstić information content (AvgIpc) is 3.20. The van der Waals surface area contributed by atoms with Crippen LogP contribution in [-0.2, 0) is 4.79 Å². The Bertz CT molecular complexity index is 701. The highest BCUT2D eigenvalue weighted by molar-refractivity contribution is 7.12. The Hall–Kier alpha value is -1.36. The minimum absolute atomic E-state index is 0.0892. The van der Waals surface area contributed by atoms with Crippen LogP contribution in [-0.4, -0.2) is 48.3 Å². The molecule has 0 aromatic carbocycles. The summed E-state index contributed by atoms with van der Waals surface area (Å²) < 4.78 is 0. The van der Waals surface area contributed by atoms with Crippen LogP contribution in [0.5, 0.6) is 0 Å². The lowest BCUT2D eigenvalue weighted by Crippen LogP contribution is -2.52. The third-order valence-electron chi connectivity index (χ3n) is 7.98. The Labute approximate surface area is 172 Å². The Kier molecular flexibility index (Phi) is 4.77. The van der Waals surface area contributed by atoms with Crippen molar-refractivity contribution in [3.63, 3.8) is 0 Å². The first-order chi connectivity index (χ1) is 13.5. The molecule has 2 amide bonds. The number of nitrogens with zero attached hydrogens (tertiary/aromatic N) is 2. The van der Waals surface area contributed by atoms with Crippen LogP contribution in [0.4, 0.5) is 0 Å². The molecule has 28 heavy (non-hydrogen) atoms. The van der Waals surface area contributed by atoms with Gasteiger partial charge in [-0.05, 0) is 86.0 Å². The zero-order valence-electron chi connectivity index (χ0n) is 16.9. The first-order valence-corrected chi connectivity index (χ1v) is 12.0. The fourth-order valence-electron chi connectivity index (χ4n) is 7.26. The summed E-state index contributed by atoms with van der Waals surface area (Å²) in [5, 5.41) is 1.95. The molecule has 0 radical (unpaired) electrons. The van der Waals surface area contributed by atoms with Gasteiger partial charge in [-0.3, -0.25) is 9.59 Å². The summed E-state index contributed by atoms with van der Waals surface area (Å²) in [6.07, 6.45) is 10.0. The lowest BCUT2D eigenvalue weighted by molar-refractivity contribution is -0.140. The van der Waals surface area contributed by atoms with E-state index in [0.717, 1.165) is 42.0 Å². The fraction of sp³-hybridized carbons (Fsp3) is 0.739. The largest absolute Gasteiger partial charge is 0.345 e. The van der Waals surface area contributed by atoms with Crippen LogP contribution in [0.1, 0.15) is 61.0 Å². The van der Waals surface area contributed by atoms with Crippen molar-refractivity contribution >= 4 is 23.2 Å². The summed E-state index contributed by atoms with van der Waals surface area (Å²) in [7, 11) is 2.03. The molecule has 152 valence electrons. The van der Waals surface area contributed by atoms with E-state index in [9.17, 15) is 9.59 Å². The topological polar surface area (TPSA) is 40.6 Å². The predicted octanol–water partition coefficient (Wildman–Crippen LogP) is 4.28. The number of rotatable bonds is 4. The summed E-state index contributed by atoms with van der Waals surface area (Å²) in [5.74, 6) is 3.33. The Morgan fingerprint density at radius 1 is 1.11 bits per heavy atom. The molecule has 1 aliphatic heterocycles. The van der Waals surface area contributed by atoms with E-state index in [1.54, 1.807) is 0 Å². The van der Waals surface area contributed by atoms with Crippen molar-refractivity contribution in [3.8, 4) is 0 Å². The summed E-state index contributed by atoms with van der Waals surface area (Å²) in [6.45, 7) is 2.38. The van der Waals surface area contributed by atoms with Crippen LogP contribution in [0.3, 0.4) is 0 Å². The van der Waals surface area contributed by atoms with Crippen LogP contribution in [0.2, 0.25) is 0 Å². The Morgan fingerprint density at radius 3 is 2.25 bits per heavy atom. The maximum atomic E-state index is 13.2. The molecule has 1 aromatic rings. The molecule has 5 heteroatoms. The quantitative estimate of drug-likeness (QED) is 0.757. The molecule has 5 fully saturated rings. The van der Waals surface area contributed by atoms with Gasteiger partial charge < -0.3 is 9.80 Å². The molecule has 0 atom stereocenters. The smallest absolute Gasteiger partial charge is 0.263 e. The number of hydrogen-bond acceptors (Lipinski definition) is 3. The molecule has 6 rings (SSSR count). The second kappa shape index (κ2) is 7.16. The third kappa shape index (κ3) is 3.40. The molecule has 0 spiro atoms. The molecular weight excluding hydrogens is 368 g/mol. The van der Waals surface area contributed by atoms with Gasteiger partial charge in [0.2, 0.25) is 5.91 Å². The molecule has 0 N–H and O–H groups in total. The number of piperidine rings is 1. The van der Waals surface area contributed by atoms with E-state index in [4.69, 9.17) is 0 Å². The molecule has 5 aliphatic rings. The van der Waals surface area contributed by atoms with Gasteiger partial charge in [0.25, 0.3) is 5.91 Å². The summed E-state index contributed by atoms with van der Waals surface area (Å²) in [6, 6.07) is 3.82. The standard InChI is InChI=1S/C23H32N2O2S/c1-24(15-23-12-16-9-17(13-23)11-18(10-16)14-23)21(26)19-4-6-25(7-5-19)22(27)20-3-2-8-28-20/h2-3,8,16-19H,4-7,9-15H2,1H3. The molecule has 1 aromatic heterocycles. The van der Waals surface area contributed by atoms with Gasteiger partial charge in [-0.1, -0.05) is 6.07 Å². The number of carbonyl (C=O) groups excluding carboxylic acids is 2. The second-order valence-electron chi connectivity index (χ2n) is 10.2. The number of amides is 2. The molecular formula is C23H32N2O2S. The van der Waals surface area contributed by atoms with Crippen LogP contribution in [0, 0.1) is 29.1 Å². The van der Waals surface area contributed by atoms with Gasteiger partial charge in [0.05, 0.1) is 4.88 Å². The molecule has 4 bridgehead atoms. The Morgan fingerprint density at radius 2 is 1.71 bits per heavy atom. The van der Waals surface area contributed by atoms with Gasteiger partial charge in [0, 0.05) is 32.6 Å². The number of thiophene rings is 1. The van der Waals surface area contributed by atoms with Gasteiger partial charge in [0.1, 0.15) is 0 Å². The van der Waals surface area contributed by atoms with Crippen molar-refractivity contribution in [3.05, 3.63) is 22.4 Å². The highest BCUT2D eigenvalue weighted by atomic mass is 32.1. The summed E-state index contributed by atoms with van der Waals surface area (Å²) >= 11 is 1.50. The van der Waals surface area contributed by atoms with Gasteiger partial charge in [-0.2, -0.15) is 0 Å². The summed E-state index contributed by atoms with van der Waals surface area (Å²) in [5.41, 5.74) is 0.412. The highest BCUT2D eigenvalue weighted by Gasteiger charge is 2.51. The van der Waals surface area contributed by atoms with E-state index < -0.39 is 0 Å². The van der Waals surface area contributed by atoms with E-state index in [1.807, 2.05) is 29.5 Å². The van der Waals surface area contributed by atoms with Gasteiger partial charge >= 0.3 is 0 Å². The normalized spacial score (nSPS) is 34.6. The first-order valence-electron chi connectivity index (χ1n) is 11.1. The first kappa shape index (κ1) is 18.7. The van der Waals surface area contributed by atoms with Crippen molar-refractivity contribution < 1.29 is 9.59 Å². The maximum Gasteiger partial charge on any atom is 0.263 e. The number of likely N-dealkylation sites (tertiary alicyclic amines) is 1. The lowest BCUT2D eigenvalue weighted by Gasteiger charge is -2.57. The predicted molar refractivity (Wildman–Crippen MR) is 111 cm³/mol. The van der Waals surface area contributed by atoms with Crippen LogP contribution >= 0.6 is 11.3 Å². The zero-order valence-corrected chi connectivity index (χ0v) is 17.8. The van der Waals surface area contributed by atoms with Gasteiger partial charge in [0.15, 0.2) is 0 Å². The van der Waals surface area contributed by atoms with Crippen molar-refractivity contribution in [2.24, 2.45) is 29.1 Å². The molecule has 4 nitrogen and oxygen atoms in total. The van der Waals surface area contributed by atoms with Crippen LogP contribution < -0.4 is 0 Å².